The Morgan fingerprint density at radius 3 is 2.75 bits per heavy atom. The van der Waals surface area contributed by atoms with E-state index >= 15 is 0 Å². The highest BCUT2D eigenvalue weighted by Crippen LogP contribution is 2.23. The highest BCUT2D eigenvalue weighted by molar-refractivity contribution is 7.99. The number of pyridine rings is 1. The summed E-state index contributed by atoms with van der Waals surface area (Å²) < 4.78 is 0. The summed E-state index contributed by atoms with van der Waals surface area (Å²) in [7, 11) is 0. The van der Waals surface area contributed by atoms with Crippen molar-refractivity contribution in [2.45, 2.75) is 56.6 Å². The Kier molecular flexibility index (Phi) is 7.02. The van der Waals surface area contributed by atoms with E-state index in [2.05, 4.69) is 10.3 Å². The van der Waals surface area contributed by atoms with E-state index in [0.29, 0.717) is 12.8 Å². The number of carbonyl (C=O) groups is 1. The Balaban J connectivity index is 2.48. The van der Waals surface area contributed by atoms with Gasteiger partial charge in [0.05, 0.1) is 5.03 Å². The minimum atomic E-state index is -0.807. The predicted molar refractivity (Wildman–Crippen MR) is 83.1 cm³/mol. The van der Waals surface area contributed by atoms with Gasteiger partial charge in [-0.15, -0.1) is 11.8 Å². The van der Waals surface area contributed by atoms with E-state index in [1.54, 1.807) is 18.0 Å². The lowest BCUT2D eigenvalue weighted by atomic mass is 9.90. The monoisotopic (exact) mass is 296 g/mol. The Hall–Kier alpha value is -1.07. The van der Waals surface area contributed by atoms with Crippen LogP contribution in [0.2, 0.25) is 0 Å². The van der Waals surface area contributed by atoms with E-state index in [1.807, 2.05) is 39.0 Å². The van der Waals surface area contributed by atoms with Crippen molar-refractivity contribution < 1.29 is 9.90 Å². The molecule has 0 saturated heterocycles. The van der Waals surface area contributed by atoms with Gasteiger partial charge in [0, 0.05) is 12.2 Å². The highest BCUT2D eigenvalue weighted by Gasteiger charge is 2.36. The van der Waals surface area contributed by atoms with Crippen LogP contribution >= 0.6 is 11.8 Å². The summed E-state index contributed by atoms with van der Waals surface area (Å²) in [6.07, 6.45) is 3.85. The van der Waals surface area contributed by atoms with Gasteiger partial charge in [-0.1, -0.05) is 13.0 Å². The van der Waals surface area contributed by atoms with Crippen molar-refractivity contribution in [3.8, 4) is 0 Å². The molecule has 112 valence electrons. The van der Waals surface area contributed by atoms with E-state index in [-0.39, 0.29) is 6.04 Å². The van der Waals surface area contributed by atoms with Gasteiger partial charge in [-0.2, -0.15) is 0 Å². The minimum absolute atomic E-state index is 0.162. The van der Waals surface area contributed by atoms with Crippen LogP contribution in [0.3, 0.4) is 0 Å². The van der Waals surface area contributed by atoms with Gasteiger partial charge in [-0.3, -0.25) is 10.1 Å². The molecule has 1 atom stereocenters. The van der Waals surface area contributed by atoms with Gasteiger partial charge < -0.3 is 5.11 Å². The standard InChI is InChI=1S/C15H24N2O2S/c1-4-15(14(18)19,17-12(2)3)9-7-11-20-13-8-5-6-10-16-13/h5-6,8,10,12,17H,4,7,9,11H2,1-3H3,(H,18,19). The van der Waals surface area contributed by atoms with Crippen molar-refractivity contribution in [3.05, 3.63) is 24.4 Å². The lowest BCUT2D eigenvalue weighted by molar-refractivity contribution is -0.145. The number of hydrogen-bond donors (Lipinski definition) is 2. The first-order chi connectivity index (χ1) is 9.50. The molecule has 0 bridgehead atoms. The number of nitrogens with zero attached hydrogens (tertiary/aromatic N) is 1. The number of aliphatic carboxylic acids is 1. The van der Waals surface area contributed by atoms with E-state index in [9.17, 15) is 9.90 Å². The third kappa shape index (κ3) is 5.13. The fraction of sp³-hybridized carbons (Fsp3) is 0.600. The van der Waals surface area contributed by atoms with Crippen LogP contribution in [0.25, 0.3) is 0 Å². The van der Waals surface area contributed by atoms with Crippen LogP contribution in [-0.2, 0) is 4.79 Å². The molecular formula is C15H24N2O2S. The molecule has 0 saturated carbocycles. The molecule has 1 rings (SSSR count). The number of nitrogens with one attached hydrogen (secondary N) is 1. The van der Waals surface area contributed by atoms with Gasteiger partial charge in [0.1, 0.15) is 5.54 Å². The second-order valence-corrected chi connectivity index (χ2v) is 6.28. The molecule has 0 aliphatic rings. The molecule has 5 heteroatoms. The zero-order valence-electron chi connectivity index (χ0n) is 12.4. The van der Waals surface area contributed by atoms with Crippen LogP contribution in [-0.4, -0.2) is 33.4 Å². The van der Waals surface area contributed by atoms with Crippen molar-refractivity contribution >= 4 is 17.7 Å². The zero-order valence-corrected chi connectivity index (χ0v) is 13.2. The maximum atomic E-state index is 11.6. The molecule has 1 aromatic heterocycles. The second kappa shape index (κ2) is 8.27. The van der Waals surface area contributed by atoms with Crippen LogP contribution in [0.4, 0.5) is 0 Å². The zero-order chi connectivity index (χ0) is 15.0. The maximum Gasteiger partial charge on any atom is 0.323 e. The van der Waals surface area contributed by atoms with E-state index in [0.717, 1.165) is 17.2 Å². The number of thioether (sulfide) groups is 1. The molecule has 0 aliphatic heterocycles. The van der Waals surface area contributed by atoms with Gasteiger partial charge in [0.2, 0.25) is 0 Å². The average Bonchev–Trinajstić information content (AvgIpc) is 2.42. The molecule has 1 unspecified atom stereocenters. The molecule has 1 aromatic rings. The molecule has 0 aliphatic carbocycles. The molecule has 0 amide bonds. The Labute approximate surface area is 125 Å². The summed E-state index contributed by atoms with van der Waals surface area (Å²) >= 11 is 1.67. The highest BCUT2D eigenvalue weighted by atomic mass is 32.2. The largest absolute Gasteiger partial charge is 0.480 e. The molecule has 20 heavy (non-hydrogen) atoms. The van der Waals surface area contributed by atoms with Crippen molar-refractivity contribution in [2.24, 2.45) is 0 Å². The van der Waals surface area contributed by atoms with Gasteiger partial charge >= 0.3 is 5.97 Å². The average molecular weight is 296 g/mol. The summed E-state index contributed by atoms with van der Waals surface area (Å²) in [5.41, 5.74) is -0.807. The van der Waals surface area contributed by atoms with Crippen LogP contribution in [0.15, 0.2) is 29.4 Å². The lowest BCUT2D eigenvalue weighted by Gasteiger charge is -2.31. The minimum Gasteiger partial charge on any atom is -0.480 e. The molecule has 2 N–H and O–H groups in total. The summed E-state index contributed by atoms with van der Waals surface area (Å²) in [4.78, 5) is 15.8. The van der Waals surface area contributed by atoms with Crippen molar-refractivity contribution in [1.82, 2.24) is 10.3 Å². The summed E-state index contributed by atoms with van der Waals surface area (Å²) in [6, 6.07) is 5.99. The fourth-order valence-corrected chi connectivity index (χ4v) is 3.01. The van der Waals surface area contributed by atoms with Crippen molar-refractivity contribution in [1.29, 1.82) is 0 Å². The predicted octanol–water partition coefficient (Wildman–Crippen LogP) is 3.19. The molecule has 1 heterocycles. The first kappa shape index (κ1) is 17.0. The molecule has 4 nitrogen and oxygen atoms in total. The summed E-state index contributed by atoms with van der Waals surface area (Å²) in [6.45, 7) is 5.89. The third-order valence-corrected chi connectivity index (χ3v) is 4.24. The molecule has 0 radical (unpaired) electrons. The van der Waals surface area contributed by atoms with Gasteiger partial charge in [-0.05, 0) is 51.0 Å². The van der Waals surface area contributed by atoms with Crippen LogP contribution < -0.4 is 5.32 Å². The van der Waals surface area contributed by atoms with Crippen LogP contribution in [0, 0.1) is 0 Å². The Morgan fingerprint density at radius 2 is 2.25 bits per heavy atom. The van der Waals surface area contributed by atoms with Gasteiger partial charge in [0.25, 0.3) is 0 Å². The van der Waals surface area contributed by atoms with Gasteiger partial charge in [0.15, 0.2) is 0 Å². The summed E-state index contributed by atoms with van der Waals surface area (Å²) in [5.74, 6) is 0.128. The number of aromatic nitrogens is 1. The fourth-order valence-electron chi connectivity index (χ4n) is 2.21. The topological polar surface area (TPSA) is 62.2 Å². The first-order valence-corrected chi connectivity index (χ1v) is 8.03. The number of carboxylic acid groups (broad SMARTS) is 1. The third-order valence-electron chi connectivity index (χ3n) is 3.21. The lowest BCUT2D eigenvalue weighted by Crippen LogP contribution is -2.54. The quantitative estimate of drug-likeness (QED) is 0.541. The molecule has 0 aromatic carbocycles. The number of carboxylic acids is 1. The summed E-state index contributed by atoms with van der Waals surface area (Å²) in [5, 5.41) is 13.7. The second-order valence-electron chi connectivity index (χ2n) is 5.16. The molecule has 0 spiro atoms. The van der Waals surface area contributed by atoms with E-state index in [1.165, 1.54) is 0 Å². The van der Waals surface area contributed by atoms with E-state index < -0.39 is 11.5 Å². The normalized spacial score (nSPS) is 14.2. The van der Waals surface area contributed by atoms with Gasteiger partial charge in [-0.25, -0.2) is 4.98 Å². The van der Waals surface area contributed by atoms with Crippen LogP contribution in [0.5, 0.6) is 0 Å². The van der Waals surface area contributed by atoms with E-state index in [4.69, 9.17) is 0 Å². The maximum absolute atomic E-state index is 11.6. The molecular weight excluding hydrogens is 272 g/mol. The number of rotatable bonds is 9. The molecule has 0 fully saturated rings. The first-order valence-electron chi connectivity index (χ1n) is 7.05. The van der Waals surface area contributed by atoms with Crippen LogP contribution in [0.1, 0.15) is 40.0 Å². The van der Waals surface area contributed by atoms with Crippen molar-refractivity contribution in [3.63, 3.8) is 0 Å². The van der Waals surface area contributed by atoms with Crippen molar-refractivity contribution in [2.75, 3.05) is 5.75 Å². The smallest absolute Gasteiger partial charge is 0.323 e. The Bertz CT molecular complexity index is 412. The Morgan fingerprint density at radius 1 is 1.50 bits per heavy atom. The number of hydrogen-bond acceptors (Lipinski definition) is 4. The SMILES string of the molecule is CCC(CCCSc1ccccn1)(NC(C)C)C(=O)O.